The zero-order chi connectivity index (χ0) is 28.1. The Morgan fingerprint density at radius 3 is 2.88 bits per heavy atom. The summed E-state index contributed by atoms with van der Waals surface area (Å²) in [5.74, 6) is 0.638. The first-order valence-corrected chi connectivity index (χ1v) is 13.5. The molecule has 0 saturated carbocycles. The fourth-order valence-corrected chi connectivity index (χ4v) is 5.03. The van der Waals surface area contributed by atoms with Crippen LogP contribution in [0.3, 0.4) is 0 Å². The van der Waals surface area contributed by atoms with Crippen molar-refractivity contribution >= 4 is 17.7 Å². The van der Waals surface area contributed by atoms with Crippen molar-refractivity contribution in [1.29, 1.82) is 0 Å². The predicted octanol–water partition coefficient (Wildman–Crippen LogP) is 2.55. The van der Waals surface area contributed by atoms with Gasteiger partial charge in [-0.15, -0.1) is 0 Å². The highest BCUT2D eigenvalue weighted by atomic mass is 16.5. The molecule has 40 heavy (non-hydrogen) atoms. The fraction of sp³-hybridized carbons (Fsp3) is 0.414. The van der Waals surface area contributed by atoms with Gasteiger partial charge < -0.3 is 24.6 Å². The average Bonchev–Trinajstić information content (AvgIpc) is 3.46. The Morgan fingerprint density at radius 1 is 1.18 bits per heavy atom. The highest BCUT2D eigenvalue weighted by molar-refractivity contribution is 5.96. The summed E-state index contributed by atoms with van der Waals surface area (Å²) in [6.07, 6.45) is 4.39. The number of ether oxygens (including phenoxy) is 2. The summed E-state index contributed by atoms with van der Waals surface area (Å²) >= 11 is 0. The Labute approximate surface area is 233 Å². The number of amides is 3. The van der Waals surface area contributed by atoms with Crippen LogP contribution in [0.2, 0.25) is 0 Å². The number of aromatic nitrogens is 3. The SMILES string of the molecule is Cc1ccc2cc1Oc1cccc(c1)CO[C@@H]1CCN(C(=O)CCCn3cncn3)C[C@@H]1NC(=O)CN(C)C2=O. The number of likely N-dealkylation sites (N-methyl/N-ethyl adjacent to an activating group) is 1. The molecule has 4 bridgehead atoms. The summed E-state index contributed by atoms with van der Waals surface area (Å²) in [7, 11) is 1.59. The maximum absolute atomic E-state index is 13.1. The van der Waals surface area contributed by atoms with E-state index in [2.05, 4.69) is 15.4 Å². The normalized spacial score (nSPS) is 19.9. The van der Waals surface area contributed by atoms with Crippen molar-refractivity contribution in [2.75, 3.05) is 26.7 Å². The van der Waals surface area contributed by atoms with Gasteiger partial charge in [0.25, 0.3) is 5.91 Å². The number of fused-ring (bicyclic) bond motifs is 5. The number of carbonyl (C=O) groups excluding carboxylic acids is 3. The molecule has 11 nitrogen and oxygen atoms in total. The van der Waals surface area contributed by atoms with Crippen LogP contribution in [0, 0.1) is 6.92 Å². The van der Waals surface area contributed by atoms with Gasteiger partial charge in [0.15, 0.2) is 0 Å². The van der Waals surface area contributed by atoms with Crippen LogP contribution in [-0.4, -0.2) is 81.1 Å². The fourth-order valence-electron chi connectivity index (χ4n) is 5.03. The number of carbonyl (C=O) groups is 3. The van der Waals surface area contributed by atoms with Gasteiger partial charge in [0.2, 0.25) is 11.8 Å². The molecule has 1 N–H and O–H groups in total. The topological polar surface area (TPSA) is 119 Å². The Bertz CT molecular complexity index is 1360. The van der Waals surface area contributed by atoms with E-state index >= 15 is 0 Å². The van der Waals surface area contributed by atoms with E-state index in [4.69, 9.17) is 9.47 Å². The van der Waals surface area contributed by atoms with E-state index in [1.165, 1.54) is 11.2 Å². The summed E-state index contributed by atoms with van der Waals surface area (Å²) in [6.45, 7) is 3.60. The van der Waals surface area contributed by atoms with E-state index in [1.807, 2.05) is 37.3 Å². The molecule has 2 aliphatic heterocycles. The zero-order valence-corrected chi connectivity index (χ0v) is 22.8. The van der Waals surface area contributed by atoms with Crippen LogP contribution in [0.4, 0.5) is 0 Å². The number of nitrogens with zero attached hydrogens (tertiary/aromatic N) is 5. The molecule has 3 heterocycles. The molecule has 2 atom stereocenters. The lowest BCUT2D eigenvalue weighted by molar-refractivity contribution is -0.137. The third-order valence-corrected chi connectivity index (χ3v) is 7.25. The predicted molar refractivity (Wildman–Crippen MR) is 146 cm³/mol. The molecule has 2 aromatic carbocycles. The van der Waals surface area contributed by atoms with E-state index in [0.717, 1.165) is 11.1 Å². The van der Waals surface area contributed by atoms with Crippen molar-refractivity contribution in [3.05, 3.63) is 71.8 Å². The maximum atomic E-state index is 13.1. The number of aryl methyl sites for hydroxylation is 2. The molecule has 0 spiro atoms. The average molecular weight is 547 g/mol. The van der Waals surface area contributed by atoms with Gasteiger partial charge in [0.1, 0.15) is 24.2 Å². The highest BCUT2D eigenvalue weighted by Crippen LogP contribution is 2.28. The molecule has 0 unspecified atom stereocenters. The molecule has 2 aliphatic rings. The molecule has 5 rings (SSSR count). The smallest absolute Gasteiger partial charge is 0.254 e. The molecule has 11 heteroatoms. The Morgan fingerprint density at radius 2 is 2.05 bits per heavy atom. The molecule has 210 valence electrons. The van der Waals surface area contributed by atoms with Crippen molar-refractivity contribution in [1.82, 2.24) is 29.9 Å². The van der Waals surface area contributed by atoms with Gasteiger partial charge in [-0.05, 0) is 55.2 Å². The minimum absolute atomic E-state index is 0.0206. The summed E-state index contributed by atoms with van der Waals surface area (Å²) in [6, 6.07) is 12.5. The van der Waals surface area contributed by atoms with E-state index < -0.39 is 6.04 Å². The summed E-state index contributed by atoms with van der Waals surface area (Å²) < 4.78 is 14.1. The standard InChI is InChI=1S/C29H34N6O5/c1-20-8-9-22-14-26(20)40-23-6-3-5-21(13-23)17-39-25-10-12-34(28(37)7-4-11-35-19-30-18-31-35)15-24(25)32-27(36)16-33(2)29(22)38/h3,5-6,8-9,13-14,18-19,24-25H,4,7,10-12,15-17H2,1-2H3,(H,32,36)/t24-,25+/m0/s1. The second kappa shape index (κ2) is 12.3. The number of rotatable bonds is 4. The summed E-state index contributed by atoms with van der Waals surface area (Å²) in [4.78, 5) is 46.3. The van der Waals surface area contributed by atoms with Crippen LogP contribution >= 0.6 is 0 Å². The van der Waals surface area contributed by atoms with E-state index in [0.29, 0.717) is 62.6 Å². The second-order valence-corrected chi connectivity index (χ2v) is 10.3. The Balaban J connectivity index is 1.32. The molecular weight excluding hydrogens is 512 g/mol. The van der Waals surface area contributed by atoms with Crippen LogP contribution in [0.25, 0.3) is 0 Å². The summed E-state index contributed by atoms with van der Waals surface area (Å²) in [5, 5.41) is 7.11. The first kappa shape index (κ1) is 27.3. The Kier molecular flexibility index (Phi) is 8.40. The number of nitrogens with one attached hydrogen (secondary N) is 1. The molecule has 0 radical (unpaired) electrons. The van der Waals surface area contributed by atoms with Crippen molar-refractivity contribution in [2.24, 2.45) is 0 Å². The van der Waals surface area contributed by atoms with Crippen molar-refractivity contribution in [3.63, 3.8) is 0 Å². The minimum atomic E-state index is -0.415. The van der Waals surface area contributed by atoms with Gasteiger partial charge in [-0.2, -0.15) is 5.10 Å². The molecule has 3 amide bonds. The number of hydrogen-bond acceptors (Lipinski definition) is 7. The Hall–Kier alpha value is -4.25. The molecule has 1 saturated heterocycles. The molecule has 1 aromatic heterocycles. The molecule has 0 aliphatic carbocycles. The van der Waals surface area contributed by atoms with E-state index in [-0.39, 0.29) is 30.4 Å². The van der Waals surface area contributed by atoms with Crippen LogP contribution in [0.5, 0.6) is 11.5 Å². The van der Waals surface area contributed by atoms with Crippen LogP contribution in [0.1, 0.15) is 40.7 Å². The minimum Gasteiger partial charge on any atom is -0.457 e. The lowest BCUT2D eigenvalue weighted by atomic mass is 10.0. The summed E-state index contributed by atoms with van der Waals surface area (Å²) in [5.41, 5.74) is 2.24. The number of hydrogen-bond donors (Lipinski definition) is 1. The van der Waals surface area contributed by atoms with Gasteiger partial charge in [0.05, 0.1) is 25.3 Å². The van der Waals surface area contributed by atoms with Crippen LogP contribution in [-0.2, 0) is 27.5 Å². The van der Waals surface area contributed by atoms with Crippen LogP contribution < -0.4 is 10.1 Å². The highest BCUT2D eigenvalue weighted by Gasteiger charge is 2.33. The number of piperidine rings is 1. The van der Waals surface area contributed by atoms with Crippen LogP contribution in [0.15, 0.2) is 55.1 Å². The van der Waals surface area contributed by atoms with Gasteiger partial charge in [-0.25, -0.2) is 4.98 Å². The number of benzene rings is 2. The monoisotopic (exact) mass is 546 g/mol. The third-order valence-electron chi connectivity index (χ3n) is 7.25. The number of likely N-dealkylation sites (tertiary alicyclic amines) is 1. The lowest BCUT2D eigenvalue weighted by Crippen LogP contribution is -2.58. The maximum Gasteiger partial charge on any atom is 0.254 e. The van der Waals surface area contributed by atoms with E-state index in [9.17, 15) is 14.4 Å². The molecule has 1 fully saturated rings. The van der Waals surface area contributed by atoms with Crippen molar-refractivity contribution in [3.8, 4) is 11.5 Å². The van der Waals surface area contributed by atoms with Gasteiger partial charge in [-0.1, -0.05) is 18.2 Å². The molecular formula is C29H34N6O5. The second-order valence-electron chi connectivity index (χ2n) is 10.3. The van der Waals surface area contributed by atoms with Gasteiger partial charge in [0, 0.05) is 38.7 Å². The lowest BCUT2D eigenvalue weighted by Gasteiger charge is -2.39. The third kappa shape index (κ3) is 6.66. The van der Waals surface area contributed by atoms with Gasteiger partial charge in [-0.3, -0.25) is 19.1 Å². The van der Waals surface area contributed by atoms with Gasteiger partial charge >= 0.3 is 0 Å². The molecule has 3 aromatic rings. The zero-order valence-electron chi connectivity index (χ0n) is 22.8. The quantitative estimate of drug-likeness (QED) is 0.534. The van der Waals surface area contributed by atoms with Crippen molar-refractivity contribution < 1.29 is 23.9 Å². The first-order valence-electron chi connectivity index (χ1n) is 13.5. The first-order chi connectivity index (χ1) is 19.4. The van der Waals surface area contributed by atoms with E-state index in [1.54, 1.807) is 35.1 Å². The largest absolute Gasteiger partial charge is 0.457 e. The van der Waals surface area contributed by atoms with Crippen molar-refractivity contribution in [2.45, 2.75) is 51.5 Å².